The molecule has 0 radical (unpaired) electrons. The number of ketones is 1. The Morgan fingerprint density at radius 1 is 1.08 bits per heavy atom. The molecule has 4 nitrogen and oxygen atoms in total. The highest BCUT2D eigenvalue weighted by atomic mass is 35.5. The lowest BCUT2D eigenvalue weighted by molar-refractivity contribution is -0.123. The van der Waals surface area contributed by atoms with Gasteiger partial charge in [0.25, 0.3) is 5.91 Å². The van der Waals surface area contributed by atoms with Crippen LogP contribution >= 0.6 is 11.6 Å². The van der Waals surface area contributed by atoms with Crippen LogP contribution in [0.25, 0.3) is 0 Å². The highest BCUT2D eigenvalue weighted by Crippen LogP contribution is 2.32. The summed E-state index contributed by atoms with van der Waals surface area (Å²) in [5.41, 5.74) is 1.13. The molecule has 1 atom stereocenters. The van der Waals surface area contributed by atoms with Crippen LogP contribution < -0.4 is 10.1 Å². The third kappa shape index (κ3) is 4.83. The molecule has 1 aliphatic rings. The normalized spacial score (nSPS) is 14.6. The van der Waals surface area contributed by atoms with Crippen molar-refractivity contribution in [2.75, 3.05) is 6.61 Å². The fourth-order valence-electron chi connectivity index (χ4n) is 2.63. The molecular weight excluding hydrogens is 338 g/mol. The van der Waals surface area contributed by atoms with E-state index in [1.807, 2.05) is 6.92 Å². The smallest absolute Gasteiger partial charge is 0.258 e. The third-order valence-electron chi connectivity index (χ3n) is 4.31. The molecule has 1 amide bonds. The van der Waals surface area contributed by atoms with Crippen LogP contribution in [0.5, 0.6) is 5.75 Å². The molecule has 2 aromatic rings. The fraction of sp³-hybridized carbons (Fsp3) is 0.300. The fourth-order valence-corrected chi connectivity index (χ4v) is 2.76. The molecule has 25 heavy (non-hydrogen) atoms. The van der Waals surface area contributed by atoms with Gasteiger partial charge in [0.2, 0.25) is 0 Å². The quantitative estimate of drug-likeness (QED) is 0.765. The maximum Gasteiger partial charge on any atom is 0.258 e. The lowest BCUT2D eigenvalue weighted by Gasteiger charge is -2.13. The van der Waals surface area contributed by atoms with Crippen LogP contribution in [0.2, 0.25) is 5.02 Å². The number of hydrogen-bond donors (Lipinski definition) is 1. The highest BCUT2D eigenvalue weighted by molar-refractivity contribution is 6.30. The summed E-state index contributed by atoms with van der Waals surface area (Å²) in [7, 11) is 0. The van der Waals surface area contributed by atoms with Crippen LogP contribution in [0.1, 0.15) is 35.7 Å². The highest BCUT2D eigenvalue weighted by Gasteiger charge is 2.28. The van der Waals surface area contributed by atoms with Crippen molar-refractivity contribution in [3.05, 3.63) is 64.7 Å². The Hall–Kier alpha value is -2.33. The van der Waals surface area contributed by atoms with Gasteiger partial charge in [-0.2, -0.15) is 0 Å². The summed E-state index contributed by atoms with van der Waals surface area (Å²) in [5, 5.41) is 3.53. The predicted octanol–water partition coefficient (Wildman–Crippen LogP) is 3.86. The number of carbonyl (C=O) groups is 2. The van der Waals surface area contributed by atoms with Gasteiger partial charge in [-0.15, -0.1) is 0 Å². The molecule has 0 spiro atoms. The zero-order valence-corrected chi connectivity index (χ0v) is 14.8. The molecular formula is C20H20ClNO3. The molecule has 0 heterocycles. The van der Waals surface area contributed by atoms with Gasteiger partial charge in [0.1, 0.15) is 5.75 Å². The molecule has 2 aromatic carbocycles. The molecule has 1 aliphatic carbocycles. The zero-order chi connectivity index (χ0) is 17.8. The number of carbonyl (C=O) groups excluding carboxylic acids is 2. The monoisotopic (exact) mass is 357 g/mol. The first kappa shape index (κ1) is 17.5. The first-order valence-corrected chi connectivity index (χ1v) is 8.73. The van der Waals surface area contributed by atoms with Gasteiger partial charge in [0.15, 0.2) is 12.4 Å². The number of rotatable bonds is 7. The Bertz CT molecular complexity index is 752. The number of hydrogen-bond acceptors (Lipinski definition) is 3. The van der Waals surface area contributed by atoms with Gasteiger partial charge < -0.3 is 10.1 Å². The molecule has 5 heteroatoms. The lowest BCUT2D eigenvalue weighted by atomic mass is 10.0. The minimum absolute atomic E-state index is 0.0263. The van der Waals surface area contributed by atoms with E-state index in [2.05, 4.69) is 5.32 Å². The van der Waals surface area contributed by atoms with Crippen molar-refractivity contribution in [2.45, 2.75) is 25.8 Å². The average molecular weight is 358 g/mol. The van der Waals surface area contributed by atoms with E-state index in [4.69, 9.17) is 16.3 Å². The second-order valence-corrected chi connectivity index (χ2v) is 6.78. The minimum Gasteiger partial charge on any atom is -0.484 e. The zero-order valence-electron chi connectivity index (χ0n) is 14.0. The Balaban J connectivity index is 1.53. The first-order valence-electron chi connectivity index (χ1n) is 8.35. The van der Waals surface area contributed by atoms with Crippen molar-refractivity contribution in [1.29, 1.82) is 0 Å². The molecule has 130 valence electrons. The topological polar surface area (TPSA) is 55.4 Å². The molecule has 0 aromatic heterocycles. The van der Waals surface area contributed by atoms with E-state index >= 15 is 0 Å². The summed E-state index contributed by atoms with van der Waals surface area (Å²) in [6.07, 6.45) is 2.37. The number of nitrogens with one attached hydrogen (secondary N) is 1. The second-order valence-electron chi connectivity index (χ2n) is 6.34. The maximum absolute atomic E-state index is 12.4. The average Bonchev–Trinajstić information content (AvgIpc) is 3.46. The Labute approximate surface area is 152 Å². The molecule has 0 saturated heterocycles. The van der Waals surface area contributed by atoms with Gasteiger partial charge in [-0.1, -0.05) is 11.6 Å². The summed E-state index contributed by atoms with van der Waals surface area (Å²) in [6.45, 7) is 1.99. The van der Waals surface area contributed by atoms with E-state index in [0.717, 1.165) is 0 Å². The van der Waals surface area contributed by atoms with Gasteiger partial charge in [-0.05, 0) is 74.2 Å². The van der Waals surface area contributed by atoms with Crippen molar-refractivity contribution in [3.8, 4) is 5.75 Å². The largest absolute Gasteiger partial charge is 0.484 e. The van der Waals surface area contributed by atoms with Crippen molar-refractivity contribution < 1.29 is 14.3 Å². The summed E-state index contributed by atoms with van der Waals surface area (Å²) in [6, 6.07) is 13.7. The number of halogens is 1. The summed E-state index contributed by atoms with van der Waals surface area (Å²) in [4.78, 5) is 24.2. The molecule has 1 N–H and O–H groups in total. The second kappa shape index (κ2) is 7.70. The Kier molecular flexibility index (Phi) is 5.39. The maximum atomic E-state index is 12.4. The predicted molar refractivity (Wildman–Crippen MR) is 97.2 cm³/mol. The van der Waals surface area contributed by atoms with Crippen LogP contribution in [-0.2, 0) is 4.79 Å². The molecule has 0 bridgehead atoms. The van der Waals surface area contributed by atoms with E-state index in [1.165, 1.54) is 12.8 Å². The molecule has 0 aliphatic heterocycles. The van der Waals surface area contributed by atoms with Gasteiger partial charge in [-0.25, -0.2) is 0 Å². The van der Waals surface area contributed by atoms with Crippen LogP contribution in [-0.4, -0.2) is 24.3 Å². The SMILES string of the molecule is C[C@H](NC(=O)COc1ccc(C(=O)c2ccc(Cl)cc2)cc1)C1CC1. The van der Waals surface area contributed by atoms with Gasteiger partial charge in [0.05, 0.1) is 0 Å². The van der Waals surface area contributed by atoms with E-state index in [9.17, 15) is 9.59 Å². The number of amides is 1. The van der Waals surface area contributed by atoms with Crippen molar-refractivity contribution in [2.24, 2.45) is 5.92 Å². The Morgan fingerprint density at radius 2 is 1.64 bits per heavy atom. The standard InChI is InChI=1S/C20H20ClNO3/c1-13(14-2-3-14)22-19(23)12-25-18-10-6-16(7-11-18)20(24)15-4-8-17(21)9-5-15/h4-11,13-14H,2-3,12H2,1H3,(H,22,23)/t13-/m0/s1. The van der Waals surface area contributed by atoms with Crippen LogP contribution in [0.3, 0.4) is 0 Å². The van der Waals surface area contributed by atoms with E-state index < -0.39 is 0 Å². The summed E-state index contributed by atoms with van der Waals surface area (Å²) < 4.78 is 5.48. The van der Waals surface area contributed by atoms with Crippen molar-refractivity contribution >= 4 is 23.3 Å². The number of ether oxygens (including phenoxy) is 1. The van der Waals surface area contributed by atoms with Gasteiger partial charge >= 0.3 is 0 Å². The molecule has 3 rings (SSSR count). The molecule has 1 fully saturated rings. The number of benzene rings is 2. The van der Waals surface area contributed by atoms with E-state index in [-0.39, 0.29) is 24.3 Å². The lowest BCUT2D eigenvalue weighted by Crippen LogP contribution is -2.37. The van der Waals surface area contributed by atoms with Crippen molar-refractivity contribution in [3.63, 3.8) is 0 Å². The van der Waals surface area contributed by atoms with Crippen LogP contribution in [0.15, 0.2) is 48.5 Å². The van der Waals surface area contributed by atoms with Crippen LogP contribution in [0.4, 0.5) is 0 Å². The van der Waals surface area contributed by atoms with Gasteiger partial charge in [-0.3, -0.25) is 9.59 Å². The molecule has 0 unspecified atom stereocenters. The molecule has 1 saturated carbocycles. The van der Waals surface area contributed by atoms with Gasteiger partial charge in [0, 0.05) is 22.2 Å². The van der Waals surface area contributed by atoms with E-state index in [0.29, 0.717) is 27.8 Å². The Morgan fingerprint density at radius 3 is 2.20 bits per heavy atom. The summed E-state index contributed by atoms with van der Waals surface area (Å²) >= 11 is 5.84. The minimum atomic E-state index is -0.124. The van der Waals surface area contributed by atoms with Crippen molar-refractivity contribution in [1.82, 2.24) is 5.32 Å². The summed E-state index contributed by atoms with van der Waals surface area (Å²) in [5.74, 6) is 0.962. The van der Waals surface area contributed by atoms with E-state index in [1.54, 1.807) is 48.5 Å². The first-order chi connectivity index (χ1) is 12.0. The third-order valence-corrected chi connectivity index (χ3v) is 4.56. The van der Waals surface area contributed by atoms with Crippen LogP contribution in [0, 0.1) is 5.92 Å².